The second kappa shape index (κ2) is 11.9. The Morgan fingerprint density at radius 2 is 1.84 bits per heavy atom. The molecule has 3 aromatic carbocycles. The molecule has 0 spiro atoms. The lowest BCUT2D eigenvalue weighted by Crippen LogP contribution is -2.45. The molecule has 2 fully saturated rings. The Balaban J connectivity index is 1.12. The van der Waals surface area contributed by atoms with Gasteiger partial charge in [0.25, 0.3) is 0 Å². The SMILES string of the molecule is O=C(CC[C@]1(Cc2cccc3ccccc23)CCC(=O)N1)NC[C@@H]1CCCN(CCc2ccccc2)C1. The van der Waals surface area contributed by atoms with Crippen molar-refractivity contribution < 1.29 is 9.59 Å². The second-order valence-corrected chi connectivity index (χ2v) is 11.0. The van der Waals surface area contributed by atoms with E-state index in [1.54, 1.807) is 0 Å². The molecule has 0 aromatic heterocycles. The van der Waals surface area contributed by atoms with Crippen LogP contribution >= 0.6 is 0 Å². The maximum atomic E-state index is 12.9. The first kappa shape index (κ1) is 25.5. The molecule has 2 heterocycles. The van der Waals surface area contributed by atoms with E-state index in [1.165, 1.54) is 34.7 Å². The van der Waals surface area contributed by atoms with Crippen LogP contribution in [-0.4, -0.2) is 48.4 Å². The summed E-state index contributed by atoms with van der Waals surface area (Å²) in [6.07, 6.45) is 6.61. The summed E-state index contributed by atoms with van der Waals surface area (Å²) in [6, 6.07) is 25.4. The van der Waals surface area contributed by atoms with E-state index in [0.717, 1.165) is 45.4 Å². The van der Waals surface area contributed by atoms with Crippen LogP contribution in [-0.2, 0) is 22.4 Å². The molecule has 2 atom stereocenters. The summed E-state index contributed by atoms with van der Waals surface area (Å²) >= 11 is 0. The van der Waals surface area contributed by atoms with E-state index in [-0.39, 0.29) is 17.4 Å². The van der Waals surface area contributed by atoms with E-state index in [1.807, 2.05) is 0 Å². The molecule has 0 saturated carbocycles. The molecule has 2 aliphatic rings. The monoisotopic (exact) mass is 497 g/mol. The average molecular weight is 498 g/mol. The van der Waals surface area contributed by atoms with Gasteiger partial charge in [0.2, 0.25) is 11.8 Å². The summed E-state index contributed by atoms with van der Waals surface area (Å²) in [5.74, 6) is 0.697. The summed E-state index contributed by atoms with van der Waals surface area (Å²) in [5.41, 5.74) is 2.27. The average Bonchev–Trinajstić information content (AvgIpc) is 3.31. The van der Waals surface area contributed by atoms with Crippen LogP contribution in [0.4, 0.5) is 0 Å². The first-order valence-corrected chi connectivity index (χ1v) is 13.9. The Morgan fingerprint density at radius 3 is 2.68 bits per heavy atom. The van der Waals surface area contributed by atoms with E-state index in [4.69, 9.17) is 0 Å². The third-order valence-electron chi connectivity index (χ3n) is 8.23. The molecule has 2 amide bonds. The molecule has 0 radical (unpaired) electrons. The Labute approximate surface area is 220 Å². The van der Waals surface area contributed by atoms with Gasteiger partial charge in [-0.3, -0.25) is 9.59 Å². The zero-order chi connectivity index (χ0) is 25.5. The van der Waals surface area contributed by atoms with Crippen LogP contribution in [0.3, 0.4) is 0 Å². The standard InChI is InChI=1S/C32H39N3O2/c36-30(33-23-26-10-7-20-35(24-26)21-17-25-8-2-1-3-9-25)15-18-32(19-16-31(37)34-32)22-28-13-6-12-27-11-4-5-14-29(27)28/h1-6,8-9,11-14,26H,7,10,15-24H2,(H,33,36)(H,34,37)/t26-,32+/m0/s1. The van der Waals surface area contributed by atoms with E-state index >= 15 is 0 Å². The van der Waals surface area contributed by atoms with Crippen LogP contribution < -0.4 is 10.6 Å². The van der Waals surface area contributed by atoms with Gasteiger partial charge in [-0.25, -0.2) is 0 Å². The van der Waals surface area contributed by atoms with E-state index in [9.17, 15) is 9.59 Å². The summed E-state index contributed by atoms with van der Waals surface area (Å²) in [5, 5.41) is 8.90. The highest BCUT2D eigenvalue weighted by molar-refractivity contribution is 5.86. The Morgan fingerprint density at radius 1 is 1.03 bits per heavy atom. The van der Waals surface area contributed by atoms with E-state index in [2.05, 4.69) is 88.3 Å². The number of likely N-dealkylation sites (tertiary alicyclic amines) is 1. The third kappa shape index (κ3) is 6.78. The highest BCUT2D eigenvalue weighted by Crippen LogP contribution is 2.32. The van der Waals surface area contributed by atoms with Crippen molar-refractivity contribution in [3.63, 3.8) is 0 Å². The van der Waals surface area contributed by atoms with Crippen LogP contribution in [0, 0.1) is 5.92 Å². The molecule has 0 bridgehead atoms. The molecule has 2 saturated heterocycles. The Kier molecular flexibility index (Phi) is 8.20. The Bertz CT molecular complexity index is 1210. The van der Waals surface area contributed by atoms with Crippen LogP contribution in [0.25, 0.3) is 10.8 Å². The predicted molar refractivity (Wildman–Crippen MR) is 149 cm³/mol. The number of benzene rings is 3. The number of carbonyl (C=O) groups is 2. The summed E-state index contributed by atoms with van der Waals surface area (Å²) in [7, 11) is 0. The fraction of sp³-hybridized carbons (Fsp3) is 0.438. The van der Waals surface area contributed by atoms with Crippen molar-refractivity contribution in [1.29, 1.82) is 0 Å². The summed E-state index contributed by atoms with van der Waals surface area (Å²) in [4.78, 5) is 27.7. The van der Waals surface area contributed by atoms with Gasteiger partial charge in [-0.15, -0.1) is 0 Å². The van der Waals surface area contributed by atoms with Gasteiger partial charge in [0, 0.05) is 38.0 Å². The van der Waals surface area contributed by atoms with Gasteiger partial charge in [0.15, 0.2) is 0 Å². The molecule has 37 heavy (non-hydrogen) atoms. The van der Waals surface area contributed by atoms with Gasteiger partial charge in [0.05, 0.1) is 0 Å². The largest absolute Gasteiger partial charge is 0.356 e. The van der Waals surface area contributed by atoms with Crippen LogP contribution in [0.1, 0.15) is 49.7 Å². The van der Waals surface area contributed by atoms with Gasteiger partial charge in [-0.1, -0.05) is 72.8 Å². The Hall–Kier alpha value is -3.18. The smallest absolute Gasteiger partial charge is 0.220 e. The highest BCUT2D eigenvalue weighted by atomic mass is 16.2. The lowest BCUT2D eigenvalue weighted by molar-refractivity contribution is -0.123. The lowest BCUT2D eigenvalue weighted by Gasteiger charge is -2.33. The number of rotatable bonds is 10. The van der Waals surface area contributed by atoms with Gasteiger partial charge in [0.1, 0.15) is 0 Å². The number of carbonyl (C=O) groups excluding carboxylic acids is 2. The van der Waals surface area contributed by atoms with Crippen LogP contribution in [0.5, 0.6) is 0 Å². The van der Waals surface area contributed by atoms with Crippen molar-refractivity contribution >= 4 is 22.6 Å². The first-order chi connectivity index (χ1) is 18.1. The van der Waals surface area contributed by atoms with Crippen molar-refractivity contribution in [2.45, 2.75) is 56.9 Å². The van der Waals surface area contributed by atoms with Crippen molar-refractivity contribution in [3.8, 4) is 0 Å². The van der Waals surface area contributed by atoms with Gasteiger partial charge >= 0.3 is 0 Å². The predicted octanol–water partition coefficient (Wildman–Crippen LogP) is 4.88. The third-order valence-corrected chi connectivity index (χ3v) is 8.23. The van der Waals surface area contributed by atoms with Crippen LogP contribution in [0.15, 0.2) is 72.8 Å². The molecule has 0 aliphatic carbocycles. The molecule has 194 valence electrons. The normalized spacial score (nSPS) is 22.2. The molecule has 0 unspecified atom stereocenters. The van der Waals surface area contributed by atoms with Crippen molar-refractivity contribution in [2.75, 3.05) is 26.2 Å². The lowest BCUT2D eigenvalue weighted by atomic mass is 9.83. The summed E-state index contributed by atoms with van der Waals surface area (Å²) in [6.45, 7) is 4.01. The maximum Gasteiger partial charge on any atom is 0.220 e. The van der Waals surface area contributed by atoms with Gasteiger partial charge in [-0.05, 0) is 72.9 Å². The zero-order valence-corrected chi connectivity index (χ0v) is 21.8. The molecule has 3 aromatic rings. The second-order valence-electron chi connectivity index (χ2n) is 11.0. The minimum atomic E-state index is -0.350. The van der Waals surface area contributed by atoms with E-state index < -0.39 is 0 Å². The molecular weight excluding hydrogens is 458 g/mol. The molecule has 2 N–H and O–H groups in total. The first-order valence-electron chi connectivity index (χ1n) is 13.9. The molecule has 5 rings (SSSR count). The quantitative estimate of drug-likeness (QED) is 0.420. The van der Waals surface area contributed by atoms with Gasteiger partial charge < -0.3 is 15.5 Å². The fourth-order valence-electron chi connectivity index (χ4n) is 6.15. The molecule has 5 heteroatoms. The summed E-state index contributed by atoms with van der Waals surface area (Å²) < 4.78 is 0. The zero-order valence-electron chi connectivity index (χ0n) is 21.8. The number of fused-ring (bicyclic) bond motifs is 1. The molecule has 2 aliphatic heterocycles. The number of nitrogens with zero attached hydrogens (tertiary/aromatic N) is 1. The number of nitrogens with one attached hydrogen (secondary N) is 2. The topological polar surface area (TPSA) is 61.4 Å². The number of amides is 2. The van der Waals surface area contributed by atoms with Crippen molar-refractivity contribution in [1.82, 2.24) is 15.5 Å². The van der Waals surface area contributed by atoms with Gasteiger partial charge in [-0.2, -0.15) is 0 Å². The minimum absolute atomic E-state index is 0.0958. The minimum Gasteiger partial charge on any atom is -0.356 e. The van der Waals surface area contributed by atoms with Crippen LogP contribution in [0.2, 0.25) is 0 Å². The van der Waals surface area contributed by atoms with E-state index in [0.29, 0.717) is 25.2 Å². The number of hydrogen-bond acceptors (Lipinski definition) is 3. The highest BCUT2D eigenvalue weighted by Gasteiger charge is 2.38. The van der Waals surface area contributed by atoms with Crippen molar-refractivity contribution in [3.05, 3.63) is 83.9 Å². The van der Waals surface area contributed by atoms with Crippen molar-refractivity contribution in [2.24, 2.45) is 5.92 Å². The molecule has 5 nitrogen and oxygen atoms in total. The maximum absolute atomic E-state index is 12.9. The molecular formula is C32H39N3O2. The number of hydrogen-bond donors (Lipinski definition) is 2. The number of piperidine rings is 1. The fourth-order valence-corrected chi connectivity index (χ4v) is 6.15.